The van der Waals surface area contributed by atoms with Gasteiger partial charge in [0.1, 0.15) is 5.56 Å². The molecule has 0 unspecified atom stereocenters. The Bertz CT molecular complexity index is 561. The minimum absolute atomic E-state index is 0.0269. The summed E-state index contributed by atoms with van der Waals surface area (Å²) >= 11 is 0. The van der Waals surface area contributed by atoms with Gasteiger partial charge in [0, 0.05) is 38.1 Å². The molecule has 2 aliphatic rings. The molecule has 1 saturated heterocycles. The highest BCUT2D eigenvalue weighted by Crippen LogP contribution is 2.27. The van der Waals surface area contributed by atoms with E-state index in [9.17, 15) is 9.90 Å². The Labute approximate surface area is 137 Å². The number of hydrogen-bond donors (Lipinski definition) is 1. The molecule has 128 valence electrons. The van der Waals surface area contributed by atoms with Gasteiger partial charge in [0.25, 0.3) is 5.91 Å². The number of amides is 1. The van der Waals surface area contributed by atoms with E-state index in [-0.39, 0.29) is 24.0 Å². The fourth-order valence-corrected chi connectivity index (χ4v) is 3.80. The van der Waals surface area contributed by atoms with E-state index in [0.29, 0.717) is 30.1 Å². The molecule has 1 aromatic heterocycles. The van der Waals surface area contributed by atoms with Crippen LogP contribution in [0.15, 0.2) is 4.52 Å². The third kappa shape index (κ3) is 3.15. The SMILES string of the molecule is Cc1noc(C(C)C)c1C(=O)N1CCN([C@H]2CCC[C@H]2O)CC1. The molecule has 0 radical (unpaired) electrons. The highest BCUT2D eigenvalue weighted by Gasteiger charge is 2.34. The molecule has 6 nitrogen and oxygen atoms in total. The van der Waals surface area contributed by atoms with Crippen molar-refractivity contribution in [3.8, 4) is 0 Å². The van der Waals surface area contributed by atoms with Crippen molar-refractivity contribution in [2.45, 2.75) is 58.1 Å². The van der Waals surface area contributed by atoms with Crippen molar-refractivity contribution in [1.82, 2.24) is 15.0 Å². The van der Waals surface area contributed by atoms with E-state index >= 15 is 0 Å². The van der Waals surface area contributed by atoms with E-state index in [1.165, 1.54) is 0 Å². The van der Waals surface area contributed by atoms with Gasteiger partial charge in [-0.3, -0.25) is 9.69 Å². The lowest BCUT2D eigenvalue weighted by atomic mass is 10.0. The first-order valence-electron chi connectivity index (χ1n) is 8.66. The number of aryl methyl sites for hydroxylation is 1. The minimum Gasteiger partial charge on any atom is -0.391 e. The van der Waals surface area contributed by atoms with Crippen LogP contribution >= 0.6 is 0 Å². The predicted octanol–water partition coefficient (Wildman–Crippen LogP) is 1.78. The van der Waals surface area contributed by atoms with E-state index < -0.39 is 0 Å². The number of rotatable bonds is 3. The van der Waals surface area contributed by atoms with Crippen molar-refractivity contribution in [2.24, 2.45) is 0 Å². The normalized spacial score (nSPS) is 26.2. The quantitative estimate of drug-likeness (QED) is 0.919. The van der Waals surface area contributed by atoms with Crippen LogP contribution in [0.2, 0.25) is 0 Å². The lowest BCUT2D eigenvalue weighted by Crippen LogP contribution is -2.53. The second-order valence-electron chi connectivity index (χ2n) is 7.06. The van der Waals surface area contributed by atoms with Crippen molar-refractivity contribution in [2.75, 3.05) is 26.2 Å². The monoisotopic (exact) mass is 321 g/mol. The van der Waals surface area contributed by atoms with Gasteiger partial charge in [-0.25, -0.2) is 0 Å². The lowest BCUT2D eigenvalue weighted by Gasteiger charge is -2.39. The van der Waals surface area contributed by atoms with E-state index in [1.807, 2.05) is 25.7 Å². The van der Waals surface area contributed by atoms with Gasteiger partial charge in [0.05, 0.1) is 11.8 Å². The van der Waals surface area contributed by atoms with Crippen LogP contribution in [0.1, 0.15) is 60.8 Å². The van der Waals surface area contributed by atoms with Crippen molar-refractivity contribution < 1.29 is 14.4 Å². The fourth-order valence-electron chi connectivity index (χ4n) is 3.80. The maximum absolute atomic E-state index is 12.9. The number of nitrogens with zero attached hydrogens (tertiary/aromatic N) is 3. The summed E-state index contributed by atoms with van der Waals surface area (Å²) in [6, 6.07) is 0.274. The topological polar surface area (TPSA) is 69.8 Å². The van der Waals surface area contributed by atoms with Crippen LogP contribution < -0.4 is 0 Å². The Kier molecular flexibility index (Phi) is 4.73. The summed E-state index contributed by atoms with van der Waals surface area (Å²) in [5.41, 5.74) is 1.31. The molecule has 6 heteroatoms. The highest BCUT2D eigenvalue weighted by atomic mass is 16.5. The number of aromatic nitrogens is 1. The molecule has 0 aromatic carbocycles. The smallest absolute Gasteiger partial charge is 0.259 e. The maximum Gasteiger partial charge on any atom is 0.259 e. The molecule has 1 aromatic rings. The molecule has 0 spiro atoms. The third-order valence-corrected chi connectivity index (χ3v) is 5.14. The average molecular weight is 321 g/mol. The molecule has 1 N–H and O–H groups in total. The van der Waals surface area contributed by atoms with Gasteiger partial charge in [-0.15, -0.1) is 0 Å². The van der Waals surface area contributed by atoms with Crippen LogP contribution in [0, 0.1) is 6.92 Å². The van der Waals surface area contributed by atoms with Crippen molar-refractivity contribution in [3.63, 3.8) is 0 Å². The van der Waals surface area contributed by atoms with E-state index in [1.54, 1.807) is 0 Å². The first-order chi connectivity index (χ1) is 11.0. The van der Waals surface area contributed by atoms with Crippen LogP contribution in [-0.2, 0) is 0 Å². The molecule has 2 fully saturated rings. The molecule has 2 atom stereocenters. The Morgan fingerprint density at radius 1 is 1.26 bits per heavy atom. The van der Waals surface area contributed by atoms with Crippen LogP contribution in [0.25, 0.3) is 0 Å². The van der Waals surface area contributed by atoms with Gasteiger partial charge in [0.2, 0.25) is 0 Å². The van der Waals surface area contributed by atoms with Gasteiger partial charge < -0.3 is 14.5 Å². The largest absolute Gasteiger partial charge is 0.391 e. The maximum atomic E-state index is 12.9. The molecular formula is C17H27N3O3. The molecular weight excluding hydrogens is 294 g/mol. The van der Waals surface area contributed by atoms with E-state index in [2.05, 4.69) is 10.1 Å². The minimum atomic E-state index is -0.204. The summed E-state index contributed by atoms with van der Waals surface area (Å²) in [5, 5.41) is 14.0. The van der Waals surface area contributed by atoms with E-state index in [0.717, 1.165) is 32.4 Å². The Balaban J connectivity index is 1.66. The second kappa shape index (κ2) is 6.61. The number of aliphatic hydroxyl groups excluding tert-OH is 1. The summed E-state index contributed by atoms with van der Waals surface area (Å²) in [4.78, 5) is 17.1. The molecule has 3 rings (SSSR count). The standard InChI is InChI=1S/C17H27N3O3/c1-11(2)16-15(12(3)18-23-16)17(22)20-9-7-19(8-10-20)13-5-4-6-14(13)21/h11,13-14,21H,4-10H2,1-3H3/t13-,14+/m0/s1. The van der Waals surface area contributed by atoms with Gasteiger partial charge in [0.15, 0.2) is 5.76 Å². The molecule has 2 heterocycles. The zero-order valence-electron chi connectivity index (χ0n) is 14.3. The molecule has 1 aliphatic heterocycles. The van der Waals surface area contributed by atoms with Crippen molar-refractivity contribution in [1.29, 1.82) is 0 Å². The Morgan fingerprint density at radius 2 is 1.96 bits per heavy atom. The summed E-state index contributed by atoms with van der Waals surface area (Å²) in [7, 11) is 0. The molecule has 1 saturated carbocycles. The first-order valence-corrected chi connectivity index (χ1v) is 8.66. The fraction of sp³-hybridized carbons (Fsp3) is 0.765. The van der Waals surface area contributed by atoms with Gasteiger partial charge in [-0.1, -0.05) is 19.0 Å². The average Bonchev–Trinajstić information content (AvgIpc) is 3.12. The van der Waals surface area contributed by atoms with Crippen LogP contribution in [0.5, 0.6) is 0 Å². The number of carbonyl (C=O) groups is 1. The number of hydrogen-bond acceptors (Lipinski definition) is 5. The summed E-state index contributed by atoms with van der Waals surface area (Å²) in [6.07, 6.45) is 2.87. The zero-order chi connectivity index (χ0) is 16.6. The number of carbonyl (C=O) groups excluding carboxylic acids is 1. The third-order valence-electron chi connectivity index (χ3n) is 5.14. The van der Waals surface area contributed by atoms with Crippen LogP contribution in [-0.4, -0.2) is 64.3 Å². The summed E-state index contributed by atoms with van der Waals surface area (Å²) in [5.74, 6) is 0.852. The first kappa shape index (κ1) is 16.5. The summed E-state index contributed by atoms with van der Waals surface area (Å²) < 4.78 is 5.34. The highest BCUT2D eigenvalue weighted by molar-refractivity contribution is 5.96. The zero-order valence-corrected chi connectivity index (χ0v) is 14.3. The van der Waals surface area contributed by atoms with Gasteiger partial charge in [-0.2, -0.15) is 0 Å². The predicted molar refractivity (Wildman–Crippen MR) is 86.5 cm³/mol. The molecule has 1 aliphatic carbocycles. The Morgan fingerprint density at radius 3 is 2.52 bits per heavy atom. The number of aliphatic hydroxyl groups is 1. The van der Waals surface area contributed by atoms with Crippen LogP contribution in [0.4, 0.5) is 0 Å². The van der Waals surface area contributed by atoms with Crippen molar-refractivity contribution >= 4 is 5.91 Å². The van der Waals surface area contributed by atoms with E-state index in [4.69, 9.17) is 4.52 Å². The van der Waals surface area contributed by atoms with Gasteiger partial charge >= 0.3 is 0 Å². The lowest BCUT2D eigenvalue weighted by molar-refractivity contribution is 0.0314. The molecule has 23 heavy (non-hydrogen) atoms. The number of piperazine rings is 1. The Hall–Kier alpha value is -1.40. The van der Waals surface area contributed by atoms with Crippen LogP contribution in [0.3, 0.4) is 0 Å². The summed E-state index contributed by atoms with van der Waals surface area (Å²) in [6.45, 7) is 8.90. The van der Waals surface area contributed by atoms with Gasteiger partial charge in [-0.05, 0) is 26.2 Å². The molecule has 0 bridgehead atoms. The second-order valence-corrected chi connectivity index (χ2v) is 7.06. The van der Waals surface area contributed by atoms with Crippen molar-refractivity contribution in [3.05, 3.63) is 17.0 Å². The molecule has 1 amide bonds.